The van der Waals surface area contributed by atoms with E-state index in [0.717, 1.165) is 0 Å². The van der Waals surface area contributed by atoms with Crippen LogP contribution in [0.1, 0.15) is 29.3 Å². The molecule has 21 heavy (non-hydrogen) atoms. The van der Waals surface area contributed by atoms with Crippen LogP contribution in [0.5, 0.6) is 0 Å². The number of pyridine rings is 1. The molecule has 1 heterocycles. The lowest BCUT2D eigenvalue weighted by atomic mass is 10.0. The first-order chi connectivity index (χ1) is 9.66. The summed E-state index contributed by atoms with van der Waals surface area (Å²) in [6, 6.07) is 0.476. The summed E-state index contributed by atoms with van der Waals surface area (Å²) in [6.07, 6.45) is -5.26. The summed E-state index contributed by atoms with van der Waals surface area (Å²) < 4.78 is 42.7. The van der Waals surface area contributed by atoms with Crippen LogP contribution < -0.4 is 0 Å². The van der Waals surface area contributed by atoms with Crippen molar-refractivity contribution in [3.05, 3.63) is 28.5 Å². The normalized spacial score (nSPS) is 11.1. The zero-order valence-corrected chi connectivity index (χ0v) is 11.4. The van der Waals surface area contributed by atoms with Crippen LogP contribution in [-0.2, 0) is 20.5 Å². The Morgan fingerprint density at radius 3 is 2.48 bits per heavy atom. The quantitative estimate of drug-likeness (QED) is 0.273. The molecule has 114 valence electrons. The second kappa shape index (κ2) is 6.66. The monoisotopic (exact) mass is 323 g/mol. The van der Waals surface area contributed by atoms with Crippen LogP contribution in [0.3, 0.4) is 0 Å². The van der Waals surface area contributed by atoms with E-state index in [1.54, 1.807) is 0 Å². The Morgan fingerprint density at radius 1 is 1.33 bits per heavy atom. The van der Waals surface area contributed by atoms with Gasteiger partial charge in [-0.25, -0.2) is 9.78 Å². The van der Waals surface area contributed by atoms with Crippen LogP contribution >= 0.6 is 11.6 Å². The zero-order valence-electron chi connectivity index (χ0n) is 10.7. The van der Waals surface area contributed by atoms with Crippen molar-refractivity contribution in [3.8, 4) is 0 Å². The maximum Gasteiger partial charge on any atom is 0.417 e. The van der Waals surface area contributed by atoms with Crippen LogP contribution in [0.25, 0.3) is 0 Å². The number of hydrogen-bond acceptors (Lipinski definition) is 5. The van der Waals surface area contributed by atoms with Gasteiger partial charge >= 0.3 is 12.1 Å². The number of halogens is 4. The molecule has 0 aromatic carbocycles. The van der Waals surface area contributed by atoms with E-state index in [4.69, 9.17) is 11.6 Å². The number of hydrogen-bond donors (Lipinski definition) is 0. The first-order valence-corrected chi connectivity index (χ1v) is 6.00. The summed E-state index contributed by atoms with van der Waals surface area (Å²) in [7, 11) is 0. The summed E-state index contributed by atoms with van der Waals surface area (Å²) in [5, 5.41) is -0.449. The summed E-state index contributed by atoms with van der Waals surface area (Å²) in [4.78, 5) is 37.5. The number of esters is 1. The molecule has 0 radical (unpaired) electrons. The van der Waals surface area contributed by atoms with E-state index in [2.05, 4.69) is 9.72 Å². The van der Waals surface area contributed by atoms with Gasteiger partial charge in [0, 0.05) is 11.8 Å². The lowest BCUT2D eigenvalue weighted by Gasteiger charge is -2.11. The van der Waals surface area contributed by atoms with Crippen molar-refractivity contribution in [1.82, 2.24) is 4.98 Å². The van der Waals surface area contributed by atoms with Crippen LogP contribution in [0.15, 0.2) is 12.3 Å². The predicted molar refractivity (Wildman–Crippen MR) is 64.8 cm³/mol. The van der Waals surface area contributed by atoms with Crippen molar-refractivity contribution >= 4 is 29.1 Å². The summed E-state index contributed by atoms with van der Waals surface area (Å²) in [5.41, 5.74) is -2.14. The molecule has 0 unspecified atom stereocenters. The van der Waals surface area contributed by atoms with Gasteiger partial charge < -0.3 is 4.74 Å². The predicted octanol–water partition coefficient (Wildman–Crippen LogP) is 2.46. The van der Waals surface area contributed by atoms with Crippen LogP contribution in [-0.4, -0.2) is 29.1 Å². The molecule has 1 aromatic rings. The molecule has 0 saturated carbocycles. The van der Waals surface area contributed by atoms with Gasteiger partial charge in [0.25, 0.3) is 0 Å². The van der Waals surface area contributed by atoms with Gasteiger partial charge in [0.05, 0.1) is 18.6 Å². The first kappa shape index (κ1) is 17.1. The molecule has 9 heteroatoms. The van der Waals surface area contributed by atoms with Crippen LogP contribution in [0.2, 0.25) is 5.15 Å². The summed E-state index contributed by atoms with van der Waals surface area (Å²) in [5.74, 6) is -3.70. The molecular formula is C12H9ClF3NO4. The molecule has 5 nitrogen and oxygen atoms in total. The molecule has 0 fully saturated rings. The zero-order chi connectivity index (χ0) is 16.2. The fourth-order valence-corrected chi connectivity index (χ4v) is 1.57. The van der Waals surface area contributed by atoms with Crippen LogP contribution in [0.4, 0.5) is 13.2 Å². The Balaban J connectivity index is 3.03. The van der Waals surface area contributed by atoms with Crippen molar-refractivity contribution in [2.75, 3.05) is 6.61 Å². The molecule has 0 atom stereocenters. The van der Waals surface area contributed by atoms with E-state index in [9.17, 15) is 27.6 Å². The minimum atomic E-state index is -4.84. The van der Waals surface area contributed by atoms with Gasteiger partial charge in [-0.15, -0.1) is 0 Å². The maximum absolute atomic E-state index is 12.8. The number of nitrogens with zero attached hydrogens (tertiary/aromatic N) is 1. The highest BCUT2D eigenvalue weighted by molar-refractivity contribution is 6.38. The van der Waals surface area contributed by atoms with Gasteiger partial charge in [0.15, 0.2) is 5.78 Å². The molecule has 0 spiro atoms. The molecular weight excluding hydrogens is 315 g/mol. The Kier molecular flexibility index (Phi) is 5.42. The smallest absolute Gasteiger partial charge is 0.417 e. The highest BCUT2D eigenvalue weighted by atomic mass is 35.5. The number of carbonyl (C=O) groups is 3. The third-order valence-corrected chi connectivity index (χ3v) is 2.51. The number of aromatic nitrogens is 1. The topological polar surface area (TPSA) is 73.3 Å². The molecule has 0 aliphatic heterocycles. The van der Waals surface area contributed by atoms with Gasteiger partial charge in [-0.1, -0.05) is 11.6 Å². The SMILES string of the molecule is CCOC(=O)C(=O)CC(=O)c1cnc(Cl)cc1C(F)(F)F. The molecule has 1 rings (SSSR count). The van der Waals surface area contributed by atoms with Gasteiger partial charge in [-0.2, -0.15) is 13.2 Å². The molecule has 0 amide bonds. The lowest BCUT2D eigenvalue weighted by molar-refractivity contribution is -0.153. The highest BCUT2D eigenvalue weighted by Gasteiger charge is 2.36. The Hall–Kier alpha value is -1.96. The van der Waals surface area contributed by atoms with E-state index in [-0.39, 0.29) is 6.61 Å². The second-order valence-corrected chi connectivity index (χ2v) is 4.18. The van der Waals surface area contributed by atoms with Crippen molar-refractivity contribution in [2.24, 2.45) is 0 Å². The molecule has 0 bridgehead atoms. The molecule has 0 aliphatic carbocycles. The van der Waals surface area contributed by atoms with E-state index >= 15 is 0 Å². The minimum absolute atomic E-state index is 0.0882. The maximum atomic E-state index is 12.8. The number of ether oxygens (including phenoxy) is 1. The minimum Gasteiger partial charge on any atom is -0.460 e. The van der Waals surface area contributed by atoms with Gasteiger partial charge in [0.2, 0.25) is 5.78 Å². The summed E-state index contributed by atoms with van der Waals surface area (Å²) >= 11 is 5.36. The van der Waals surface area contributed by atoms with Crippen molar-refractivity contribution < 1.29 is 32.3 Å². The highest BCUT2D eigenvalue weighted by Crippen LogP contribution is 2.33. The number of ketones is 2. The van der Waals surface area contributed by atoms with E-state index in [1.807, 2.05) is 0 Å². The van der Waals surface area contributed by atoms with Crippen molar-refractivity contribution in [2.45, 2.75) is 19.5 Å². The van der Waals surface area contributed by atoms with Gasteiger partial charge in [-0.3, -0.25) is 9.59 Å². The lowest BCUT2D eigenvalue weighted by Crippen LogP contribution is -2.22. The Bertz CT molecular complexity index is 586. The van der Waals surface area contributed by atoms with Gasteiger partial charge in [-0.05, 0) is 13.0 Å². The number of rotatable bonds is 5. The van der Waals surface area contributed by atoms with Crippen molar-refractivity contribution in [3.63, 3.8) is 0 Å². The van der Waals surface area contributed by atoms with Crippen LogP contribution in [0, 0.1) is 0 Å². The number of Topliss-reactive ketones (excluding diaryl/α,β-unsaturated/α-hetero) is 2. The number of alkyl halides is 3. The average molecular weight is 324 g/mol. The fraction of sp³-hybridized carbons (Fsp3) is 0.333. The van der Waals surface area contributed by atoms with E-state index in [1.165, 1.54) is 6.92 Å². The second-order valence-electron chi connectivity index (χ2n) is 3.79. The first-order valence-electron chi connectivity index (χ1n) is 5.62. The van der Waals surface area contributed by atoms with Crippen molar-refractivity contribution in [1.29, 1.82) is 0 Å². The standard InChI is InChI=1S/C12H9ClF3NO4/c1-2-21-11(20)9(19)4-8(18)6-5-17-10(13)3-7(6)12(14,15)16/h3,5H,2,4H2,1H3. The fourth-order valence-electron chi connectivity index (χ4n) is 1.41. The number of carbonyl (C=O) groups excluding carboxylic acids is 3. The summed E-state index contributed by atoms with van der Waals surface area (Å²) in [6.45, 7) is 1.35. The molecule has 0 N–H and O–H groups in total. The van der Waals surface area contributed by atoms with E-state index in [0.29, 0.717) is 12.3 Å². The van der Waals surface area contributed by atoms with Gasteiger partial charge in [0.1, 0.15) is 5.15 Å². The van der Waals surface area contributed by atoms with E-state index < -0.39 is 46.4 Å². The molecule has 1 aromatic heterocycles. The third-order valence-electron chi connectivity index (χ3n) is 2.30. The third kappa shape index (κ3) is 4.52. The molecule has 0 saturated heterocycles. The average Bonchev–Trinajstić information content (AvgIpc) is 2.37. The Labute approximate surface area is 122 Å². The molecule has 0 aliphatic rings. The largest absolute Gasteiger partial charge is 0.460 e. The Morgan fingerprint density at radius 2 is 1.95 bits per heavy atom.